The lowest BCUT2D eigenvalue weighted by molar-refractivity contribution is 0.279. The fourth-order valence-corrected chi connectivity index (χ4v) is 3.07. The summed E-state index contributed by atoms with van der Waals surface area (Å²) in [5.74, 6) is 0.726. The average molecular weight is 248 g/mol. The largest absolute Gasteiger partial charge is 0.392 e. The number of pyridine rings is 1. The molecule has 2 unspecified atom stereocenters. The molecule has 18 heavy (non-hydrogen) atoms. The first-order chi connectivity index (χ1) is 8.63. The van der Waals surface area contributed by atoms with Gasteiger partial charge in [0, 0.05) is 36.2 Å². The molecule has 3 heteroatoms. The van der Waals surface area contributed by atoms with Crippen molar-refractivity contribution < 1.29 is 5.11 Å². The van der Waals surface area contributed by atoms with E-state index in [-0.39, 0.29) is 6.61 Å². The Kier molecular flexibility index (Phi) is 4.23. The highest BCUT2D eigenvalue weighted by Crippen LogP contribution is 2.32. The highest BCUT2D eigenvalue weighted by atomic mass is 16.3. The number of aromatic nitrogens is 1. The Morgan fingerprint density at radius 2 is 2.11 bits per heavy atom. The summed E-state index contributed by atoms with van der Waals surface area (Å²) in [4.78, 5) is 6.62. The molecular weight excluding hydrogens is 224 g/mol. The summed E-state index contributed by atoms with van der Waals surface area (Å²) in [6, 6.07) is 2.68. The van der Waals surface area contributed by atoms with Gasteiger partial charge in [-0.2, -0.15) is 0 Å². The van der Waals surface area contributed by atoms with Gasteiger partial charge in [0.15, 0.2) is 0 Å². The molecule has 0 aliphatic heterocycles. The van der Waals surface area contributed by atoms with Crippen LogP contribution in [0.3, 0.4) is 0 Å². The highest BCUT2D eigenvalue weighted by Gasteiger charge is 2.26. The molecule has 2 rings (SSSR count). The van der Waals surface area contributed by atoms with E-state index in [1.54, 1.807) is 6.20 Å². The molecule has 1 fully saturated rings. The van der Waals surface area contributed by atoms with Crippen LogP contribution in [0.5, 0.6) is 0 Å². The molecule has 0 saturated heterocycles. The van der Waals surface area contributed by atoms with Crippen LogP contribution in [0, 0.1) is 12.8 Å². The molecule has 0 amide bonds. The van der Waals surface area contributed by atoms with Gasteiger partial charge >= 0.3 is 0 Å². The number of aliphatic hydroxyl groups is 1. The number of rotatable bonds is 3. The Balaban J connectivity index is 2.26. The highest BCUT2D eigenvalue weighted by molar-refractivity contribution is 5.53. The standard InChI is InChI=1S/C15H24N2O/c1-11-6-4-5-7-14(11)17(3)15-8-12(2)16-9-13(15)10-18/h8-9,11,14,18H,4-7,10H2,1-3H3. The Morgan fingerprint density at radius 1 is 1.39 bits per heavy atom. The van der Waals surface area contributed by atoms with Gasteiger partial charge in [-0.15, -0.1) is 0 Å². The minimum atomic E-state index is 0.0635. The van der Waals surface area contributed by atoms with Gasteiger partial charge in [-0.05, 0) is 31.7 Å². The summed E-state index contributed by atoms with van der Waals surface area (Å²) < 4.78 is 0. The lowest BCUT2D eigenvalue weighted by atomic mass is 9.85. The molecule has 0 radical (unpaired) electrons. The summed E-state index contributed by atoms with van der Waals surface area (Å²) >= 11 is 0. The van der Waals surface area contributed by atoms with Crippen LogP contribution in [0.2, 0.25) is 0 Å². The molecule has 1 aliphatic rings. The second-order valence-corrected chi connectivity index (χ2v) is 5.55. The van der Waals surface area contributed by atoms with E-state index >= 15 is 0 Å². The Bertz CT molecular complexity index is 405. The Hall–Kier alpha value is -1.09. The predicted octanol–water partition coefficient (Wildman–Crippen LogP) is 2.90. The van der Waals surface area contributed by atoms with Gasteiger partial charge in [0.1, 0.15) is 0 Å². The lowest BCUT2D eigenvalue weighted by Crippen LogP contribution is -2.39. The Labute approximate surface area is 110 Å². The molecule has 100 valence electrons. The molecular formula is C15H24N2O. The molecule has 2 atom stereocenters. The maximum atomic E-state index is 9.46. The zero-order valence-electron chi connectivity index (χ0n) is 11.7. The van der Waals surface area contributed by atoms with E-state index in [4.69, 9.17) is 0 Å². The molecule has 1 aromatic heterocycles. The molecule has 1 saturated carbocycles. The third kappa shape index (κ3) is 2.66. The van der Waals surface area contributed by atoms with Crippen molar-refractivity contribution in [2.75, 3.05) is 11.9 Å². The van der Waals surface area contributed by atoms with Crippen molar-refractivity contribution in [2.24, 2.45) is 5.92 Å². The van der Waals surface area contributed by atoms with E-state index < -0.39 is 0 Å². The zero-order valence-corrected chi connectivity index (χ0v) is 11.7. The first-order valence-electron chi connectivity index (χ1n) is 6.92. The smallest absolute Gasteiger partial charge is 0.0717 e. The zero-order chi connectivity index (χ0) is 13.1. The van der Waals surface area contributed by atoms with Crippen molar-refractivity contribution in [3.05, 3.63) is 23.5 Å². The summed E-state index contributed by atoms with van der Waals surface area (Å²) in [6.45, 7) is 4.41. The number of aliphatic hydroxyl groups excluding tert-OH is 1. The lowest BCUT2D eigenvalue weighted by Gasteiger charge is -2.38. The van der Waals surface area contributed by atoms with E-state index in [1.165, 1.54) is 25.7 Å². The Morgan fingerprint density at radius 3 is 2.78 bits per heavy atom. The van der Waals surface area contributed by atoms with Crippen LogP contribution in [0.25, 0.3) is 0 Å². The first-order valence-corrected chi connectivity index (χ1v) is 6.92. The van der Waals surface area contributed by atoms with Gasteiger partial charge < -0.3 is 10.0 Å². The van der Waals surface area contributed by atoms with Gasteiger partial charge in [-0.25, -0.2) is 0 Å². The molecule has 0 aromatic carbocycles. The molecule has 3 nitrogen and oxygen atoms in total. The topological polar surface area (TPSA) is 36.4 Å². The predicted molar refractivity (Wildman–Crippen MR) is 74.7 cm³/mol. The van der Waals surface area contributed by atoms with Crippen molar-refractivity contribution in [1.82, 2.24) is 4.98 Å². The van der Waals surface area contributed by atoms with E-state index in [9.17, 15) is 5.11 Å². The minimum Gasteiger partial charge on any atom is -0.392 e. The van der Waals surface area contributed by atoms with Crippen molar-refractivity contribution >= 4 is 5.69 Å². The summed E-state index contributed by atoms with van der Waals surface area (Å²) in [5.41, 5.74) is 3.09. The van der Waals surface area contributed by atoms with E-state index in [0.717, 1.165) is 22.9 Å². The molecule has 0 bridgehead atoms. The summed E-state index contributed by atoms with van der Waals surface area (Å²) in [5, 5.41) is 9.46. The van der Waals surface area contributed by atoms with Crippen molar-refractivity contribution in [3.63, 3.8) is 0 Å². The van der Waals surface area contributed by atoms with E-state index in [0.29, 0.717) is 6.04 Å². The van der Waals surface area contributed by atoms with Crippen LogP contribution in [0.4, 0.5) is 5.69 Å². The average Bonchev–Trinajstić information content (AvgIpc) is 2.38. The maximum absolute atomic E-state index is 9.46. The molecule has 1 aliphatic carbocycles. The normalized spacial score (nSPS) is 24.0. The van der Waals surface area contributed by atoms with Gasteiger partial charge in [-0.3, -0.25) is 4.98 Å². The second kappa shape index (κ2) is 5.70. The van der Waals surface area contributed by atoms with Crippen LogP contribution >= 0.6 is 0 Å². The molecule has 1 heterocycles. The molecule has 1 aromatic rings. The number of anilines is 1. The molecule has 1 N–H and O–H groups in total. The quantitative estimate of drug-likeness (QED) is 0.893. The monoisotopic (exact) mass is 248 g/mol. The summed E-state index contributed by atoms with van der Waals surface area (Å²) in [7, 11) is 2.15. The van der Waals surface area contributed by atoms with Crippen LogP contribution in [-0.4, -0.2) is 23.2 Å². The van der Waals surface area contributed by atoms with Gasteiger partial charge in [0.25, 0.3) is 0 Å². The van der Waals surface area contributed by atoms with Gasteiger partial charge in [0.2, 0.25) is 0 Å². The maximum Gasteiger partial charge on any atom is 0.0717 e. The fraction of sp³-hybridized carbons (Fsp3) is 0.667. The number of nitrogens with zero attached hydrogens (tertiary/aromatic N) is 2. The van der Waals surface area contributed by atoms with Gasteiger partial charge in [0.05, 0.1) is 6.61 Å². The van der Waals surface area contributed by atoms with E-state index in [2.05, 4.69) is 29.9 Å². The van der Waals surface area contributed by atoms with Crippen LogP contribution in [0.15, 0.2) is 12.3 Å². The van der Waals surface area contributed by atoms with Crippen LogP contribution in [0.1, 0.15) is 43.9 Å². The number of hydrogen-bond acceptors (Lipinski definition) is 3. The minimum absolute atomic E-state index is 0.0635. The fourth-order valence-electron chi connectivity index (χ4n) is 3.07. The first kappa shape index (κ1) is 13.3. The number of aryl methyl sites for hydroxylation is 1. The van der Waals surface area contributed by atoms with Crippen molar-refractivity contribution in [3.8, 4) is 0 Å². The third-order valence-corrected chi connectivity index (χ3v) is 4.21. The second-order valence-electron chi connectivity index (χ2n) is 5.55. The number of hydrogen-bond donors (Lipinski definition) is 1. The summed E-state index contributed by atoms with van der Waals surface area (Å²) in [6.07, 6.45) is 7.04. The van der Waals surface area contributed by atoms with Gasteiger partial charge in [-0.1, -0.05) is 19.8 Å². The third-order valence-electron chi connectivity index (χ3n) is 4.21. The van der Waals surface area contributed by atoms with Crippen LogP contribution < -0.4 is 4.90 Å². The van der Waals surface area contributed by atoms with Crippen LogP contribution in [-0.2, 0) is 6.61 Å². The molecule has 0 spiro atoms. The van der Waals surface area contributed by atoms with Crippen molar-refractivity contribution in [2.45, 2.75) is 52.2 Å². The van der Waals surface area contributed by atoms with E-state index in [1.807, 2.05) is 6.92 Å². The SMILES string of the molecule is Cc1cc(N(C)C2CCCCC2C)c(CO)cn1. The van der Waals surface area contributed by atoms with Crippen molar-refractivity contribution in [1.29, 1.82) is 0 Å².